The molecule has 1 saturated heterocycles. The molecule has 9 nitrogen and oxygen atoms in total. The molecule has 0 aromatic heterocycles. The highest BCUT2D eigenvalue weighted by atomic mass is 16.7. The number of unbranched alkanes of at least 4 members (excludes halogenated alkanes) is 17. The van der Waals surface area contributed by atoms with Crippen LogP contribution in [-0.4, -0.2) is 87.5 Å². The Hall–Kier alpha value is -2.63. The van der Waals surface area contributed by atoms with Crippen molar-refractivity contribution in [1.82, 2.24) is 5.32 Å². The molecule has 0 aromatic carbocycles. The van der Waals surface area contributed by atoms with Gasteiger partial charge in [-0.1, -0.05) is 182 Å². The Morgan fingerprint density at radius 1 is 0.574 bits per heavy atom. The van der Waals surface area contributed by atoms with Crippen LogP contribution in [0.15, 0.2) is 85.1 Å². The summed E-state index contributed by atoms with van der Waals surface area (Å²) >= 11 is 0. The monoisotopic (exact) mass is 856 g/mol. The second-order valence-corrected chi connectivity index (χ2v) is 16.5. The van der Waals surface area contributed by atoms with Crippen LogP contribution in [0.5, 0.6) is 0 Å². The fourth-order valence-electron chi connectivity index (χ4n) is 7.08. The van der Waals surface area contributed by atoms with Gasteiger partial charge < -0.3 is 40.3 Å². The molecule has 0 aromatic rings. The average Bonchev–Trinajstić information content (AvgIpc) is 3.26. The molecule has 7 atom stereocenters. The zero-order valence-electron chi connectivity index (χ0n) is 38.4. The highest BCUT2D eigenvalue weighted by Gasteiger charge is 2.44. The first-order valence-corrected chi connectivity index (χ1v) is 24.3. The van der Waals surface area contributed by atoms with Gasteiger partial charge in [-0.05, 0) is 77.0 Å². The first-order valence-electron chi connectivity index (χ1n) is 24.3. The number of aliphatic hydroxyl groups excluding tert-OH is 5. The molecule has 6 N–H and O–H groups in total. The summed E-state index contributed by atoms with van der Waals surface area (Å²) in [4.78, 5) is 12.9. The van der Waals surface area contributed by atoms with E-state index in [2.05, 4.69) is 92.1 Å². The van der Waals surface area contributed by atoms with Gasteiger partial charge in [-0.25, -0.2) is 0 Å². The predicted octanol–water partition coefficient (Wildman–Crippen LogP) is 10.7. The zero-order valence-corrected chi connectivity index (χ0v) is 38.4. The molecule has 350 valence electrons. The summed E-state index contributed by atoms with van der Waals surface area (Å²) < 4.78 is 11.2. The van der Waals surface area contributed by atoms with Gasteiger partial charge in [-0.3, -0.25) is 4.79 Å². The first-order chi connectivity index (χ1) is 29.8. The number of carbonyl (C=O) groups excluding carboxylic acids is 1. The van der Waals surface area contributed by atoms with Gasteiger partial charge in [0.25, 0.3) is 0 Å². The number of hydrogen-bond acceptors (Lipinski definition) is 8. The van der Waals surface area contributed by atoms with Crippen molar-refractivity contribution < 1.29 is 39.8 Å². The van der Waals surface area contributed by atoms with E-state index in [4.69, 9.17) is 9.47 Å². The van der Waals surface area contributed by atoms with Crippen LogP contribution >= 0.6 is 0 Å². The molecule has 1 amide bonds. The fourth-order valence-corrected chi connectivity index (χ4v) is 7.08. The normalized spacial score (nSPS) is 21.2. The van der Waals surface area contributed by atoms with E-state index in [1.807, 2.05) is 6.08 Å². The number of nitrogens with one attached hydrogen (secondary N) is 1. The van der Waals surface area contributed by atoms with Crippen LogP contribution < -0.4 is 5.32 Å². The van der Waals surface area contributed by atoms with Crippen molar-refractivity contribution in [2.75, 3.05) is 13.2 Å². The van der Waals surface area contributed by atoms with Gasteiger partial charge in [-0.2, -0.15) is 0 Å². The molecule has 1 fully saturated rings. The molecule has 1 rings (SSSR count). The third kappa shape index (κ3) is 31.8. The van der Waals surface area contributed by atoms with Crippen LogP contribution in [0.1, 0.15) is 181 Å². The van der Waals surface area contributed by atoms with Gasteiger partial charge in [0.05, 0.1) is 25.4 Å². The van der Waals surface area contributed by atoms with Gasteiger partial charge >= 0.3 is 0 Å². The lowest BCUT2D eigenvalue weighted by atomic mass is 9.99. The maximum absolute atomic E-state index is 12.9. The summed E-state index contributed by atoms with van der Waals surface area (Å²) in [5, 5.41) is 54.0. The molecule has 1 heterocycles. The Bertz CT molecular complexity index is 1220. The number of allylic oxidation sites excluding steroid dienone is 13. The van der Waals surface area contributed by atoms with Crippen LogP contribution in [-0.2, 0) is 14.3 Å². The Morgan fingerprint density at radius 3 is 1.57 bits per heavy atom. The van der Waals surface area contributed by atoms with Crippen molar-refractivity contribution in [2.24, 2.45) is 0 Å². The van der Waals surface area contributed by atoms with Crippen LogP contribution in [0.25, 0.3) is 0 Å². The summed E-state index contributed by atoms with van der Waals surface area (Å²) in [5.41, 5.74) is 0. The fraction of sp³-hybridized carbons (Fsp3) is 0.712. The van der Waals surface area contributed by atoms with E-state index in [-0.39, 0.29) is 12.5 Å². The maximum Gasteiger partial charge on any atom is 0.220 e. The van der Waals surface area contributed by atoms with E-state index in [0.717, 1.165) is 70.6 Å². The lowest BCUT2D eigenvalue weighted by Gasteiger charge is -2.40. The molecule has 0 saturated carbocycles. The smallest absolute Gasteiger partial charge is 0.220 e. The lowest BCUT2D eigenvalue weighted by Crippen LogP contribution is -2.60. The van der Waals surface area contributed by atoms with E-state index in [1.54, 1.807) is 6.08 Å². The van der Waals surface area contributed by atoms with Gasteiger partial charge in [0.2, 0.25) is 5.91 Å². The van der Waals surface area contributed by atoms with Crippen LogP contribution in [0.4, 0.5) is 0 Å². The Labute approximate surface area is 371 Å². The van der Waals surface area contributed by atoms with E-state index >= 15 is 0 Å². The van der Waals surface area contributed by atoms with E-state index in [1.165, 1.54) is 89.9 Å². The number of ether oxygens (including phenoxy) is 2. The molecule has 0 aliphatic carbocycles. The van der Waals surface area contributed by atoms with E-state index in [9.17, 15) is 30.3 Å². The standard InChI is InChI=1S/C52H89NO8/c1-3-5-7-9-11-13-14-15-16-17-18-19-20-21-22-23-24-25-26-27-28-29-30-31-32-34-36-38-40-42-48(56)53-45(46(55)41-39-37-35-33-12-10-8-6-4-2)44-60-52-51(59)50(58)49(57)47(43-54)61-52/h5,7,11-13,15-16,18-19,21-22,33,39,41,45-47,49-52,54-55,57-59H,3-4,6,8-10,14,17,20,23-32,34-38,40,42-44H2,1-2H3,(H,53,56)/b7-5-,13-11-,16-15-,19-18-,22-21-,33-12+,41-39+. The second-order valence-electron chi connectivity index (χ2n) is 16.5. The Morgan fingerprint density at radius 2 is 1.03 bits per heavy atom. The van der Waals surface area contributed by atoms with Crippen molar-refractivity contribution in [3.8, 4) is 0 Å². The molecule has 0 bridgehead atoms. The molecule has 7 unspecified atom stereocenters. The van der Waals surface area contributed by atoms with Crippen LogP contribution in [0.2, 0.25) is 0 Å². The van der Waals surface area contributed by atoms with Crippen LogP contribution in [0.3, 0.4) is 0 Å². The van der Waals surface area contributed by atoms with Gasteiger partial charge in [0, 0.05) is 6.42 Å². The summed E-state index contributed by atoms with van der Waals surface area (Å²) in [6, 6.07) is -0.824. The second kappa shape index (κ2) is 41.4. The predicted molar refractivity (Wildman–Crippen MR) is 253 cm³/mol. The number of carbonyl (C=O) groups is 1. The first kappa shape index (κ1) is 56.4. The number of amides is 1. The highest BCUT2D eigenvalue weighted by molar-refractivity contribution is 5.76. The van der Waals surface area contributed by atoms with Crippen molar-refractivity contribution in [1.29, 1.82) is 0 Å². The van der Waals surface area contributed by atoms with Gasteiger partial charge in [0.1, 0.15) is 24.4 Å². The SMILES string of the molecule is CC/C=C\C/C=C\C/C=C\C/C=C\C/C=C\CCCCCCCCCCCCCCCC(=O)NC(COC1OC(CO)C(O)C(O)C1O)C(O)/C=C/CC/C=C/CCCCC. The van der Waals surface area contributed by atoms with Crippen molar-refractivity contribution in [3.63, 3.8) is 0 Å². The van der Waals surface area contributed by atoms with E-state index in [0.29, 0.717) is 6.42 Å². The largest absolute Gasteiger partial charge is 0.394 e. The molecular weight excluding hydrogens is 767 g/mol. The van der Waals surface area contributed by atoms with Crippen molar-refractivity contribution in [2.45, 2.75) is 224 Å². The highest BCUT2D eigenvalue weighted by Crippen LogP contribution is 2.22. The summed E-state index contributed by atoms with van der Waals surface area (Å²) in [7, 11) is 0. The summed E-state index contributed by atoms with van der Waals surface area (Å²) in [5.74, 6) is -0.195. The number of rotatable bonds is 39. The third-order valence-electron chi connectivity index (χ3n) is 11.0. The number of aliphatic hydroxyl groups is 5. The molecule has 1 aliphatic heterocycles. The van der Waals surface area contributed by atoms with Gasteiger partial charge in [-0.15, -0.1) is 0 Å². The minimum Gasteiger partial charge on any atom is -0.394 e. The molecule has 9 heteroatoms. The molecule has 0 spiro atoms. The third-order valence-corrected chi connectivity index (χ3v) is 11.0. The minimum absolute atomic E-state index is 0.195. The van der Waals surface area contributed by atoms with Crippen LogP contribution in [0, 0.1) is 0 Å². The molecular formula is C52H89NO8. The zero-order chi connectivity index (χ0) is 44.4. The minimum atomic E-state index is -1.57. The Balaban J connectivity index is 2.18. The Kier molecular flexibility index (Phi) is 38.3. The summed E-state index contributed by atoms with van der Waals surface area (Å²) in [6.07, 6.45) is 50.8. The maximum atomic E-state index is 12.9. The van der Waals surface area contributed by atoms with Gasteiger partial charge in [0.15, 0.2) is 6.29 Å². The number of hydrogen-bond donors (Lipinski definition) is 6. The quantitative estimate of drug-likeness (QED) is 0.0264. The average molecular weight is 856 g/mol. The summed E-state index contributed by atoms with van der Waals surface area (Å²) in [6.45, 7) is 3.57. The van der Waals surface area contributed by atoms with E-state index < -0.39 is 49.5 Å². The topological polar surface area (TPSA) is 149 Å². The van der Waals surface area contributed by atoms with Crippen molar-refractivity contribution in [3.05, 3.63) is 85.1 Å². The molecule has 61 heavy (non-hydrogen) atoms. The molecule has 1 aliphatic rings. The van der Waals surface area contributed by atoms with Crippen molar-refractivity contribution >= 4 is 5.91 Å². The molecule has 0 radical (unpaired) electrons. The lowest BCUT2D eigenvalue weighted by molar-refractivity contribution is -0.302.